The lowest BCUT2D eigenvalue weighted by Gasteiger charge is -2.04. The Bertz CT molecular complexity index is 1030. The van der Waals surface area contributed by atoms with Crippen LogP contribution in [0.3, 0.4) is 0 Å². The van der Waals surface area contributed by atoms with Gasteiger partial charge in [-0.15, -0.1) is 0 Å². The average molecular weight is 371 g/mol. The standard InChI is InChI=1S/C18H21N5O4/c1-2-9-22-13-5-3-4-6-14(13)23(18(22)27)11-8-16(24)19-15-7-10-21(20-15)12-17(25)26/h3-7,10H,2,8-9,11-12H2,1H3,(H,25,26)(H,19,20,24). The third kappa shape index (κ3) is 4.08. The zero-order chi connectivity index (χ0) is 19.4. The highest BCUT2D eigenvalue weighted by Gasteiger charge is 2.14. The third-order valence-corrected chi connectivity index (χ3v) is 4.14. The first-order valence-corrected chi connectivity index (χ1v) is 8.72. The van der Waals surface area contributed by atoms with Crippen molar-refractivity contribution in [1.82, 2.24) is 18.9 Å². The SMILES string of the molecule is CCCn1c(=O)n(CCC(=O)Nc2ccn(CC(=O)O)n2)c2ccccc21. The van der Waals surface area contributed by atoms with Crippen LogP contribution in [0.5, 0.6) is 0 Å². The molecule has 9 heteroatoms. The van der Waals surface area contributed by atoms with E-state index in [1.54, 1.807) is 9.13 Å². The number of aliphatic carboxylic acids is 1. The molecule has 0 atom stereocenters. The predicted molar refractivity (Wildman–Crippen MR) is 99.6 cm³/mol. The Morgan fingerprint density at radius 2 is 1.78 bits per heavy atom. The molecule has 9 nitrogen and oxygen atoms in total. The fourth-order valence-electron chi connectivity index (χ4n) is 3.00. The number of imidazole rings is 1. The number of nitrogens with one attached hydrogen (secondary N) is 1. The van der Waals surface area contributed by atoms with Crippen LogP contribution in [0.15, 0.2) is 41.3 Å². The van der Waals surface area contributed by atoms with Gasteiger partial charge in [-0.2, -0.15) is 5.10 Å². The lowest BCUT2D eigenvalue weighted by atomic mass is 10.3. The number of anilines is 1. The van der Waals surface area contributed by atoms with Gasteiger partial charge in [0, 0.05) is 31.8 Å². The van der Waals surface area contributed by atoms with Crippen molar-refractivity contribution in [3.8, 4) is 0 Å². The highest BCUT2D eigenvalue weighted by Crippen LogP contribution is 2.14. The van der Waals surface area contributed by atoms with Gasteiger partial charge in [-0.1, -0.05) is 19.1 Å². The van der Waals surface area contributed by atoms with Gasteiger partial charge in [-0.3, -0.25) is 23.4 Å². The maximum absolute atomic E-state index is 12.7. The van der Waals surface area contributed by atoms with E-state index in [9.17, 15) is 14.4 Å². The number of amides is 1. The molecule has 0 saturated heterocycles. The zero-order valence-corrected chi connectivity index (χ0v) is 15.0. The van der Waals surface area contributed by atoms with E-state index in [4.69, 9.17) is 5.11 Å². The molecule has 2 heterocycles. The molecule has 0 aliphatic rings. The molecule has 0 fully saturated rings. The van der Waals surface area contributed by atoms with Crippen LogP contribution >= 0.6 is 0 Å². The van der Waals surface area contributed by atoms with Crippen LogP contribution in [0, 0.1) is 0 Å². The van der Waals surface area contributed by atoms with E-state index in [1.807, 2.05) is 31.2 Å². The molecule has 0 unspecified atom stereocenters. The van der Waals surface area contributed by atoms with Crippen LogP contribution < -0.4 is 11.0 Å². The summed E-state index contributed by atoms with van der Waals surface area (Å²) in [5.74, 6) is -1.03. The number of para-hydroxylation sites is 2. The third-order valence-electron chi connectivity index (χ3n) is 4.14. The number of aryl methyl sites for hydroxylation is 2. The van der Waals surface area contributed by atoms with E-state index in [1.165, 1.54) is 16.9 Å². The van der Waals surface area contributed by atoms with Gasteiger partial charge in [0.25, 0.3) is 0 Å². The zero-order valence-electron chi connectivity index (χ0n) is 15.0. The first-order chi connectivity index (χ1) is 13.0. The minimum absolute atomic E-state index is 0.103. The molecule has 142 valence electrons. The number of hydrogen-bond donors (Lipinski definition) is 2. The number of benzene rings is 1. The highest BCUT2D eigenvalue weighted by molar-refractivity contribution is 5.89. The molecular weight excluding hydrogens is 350 g/mol. The molecular formula is C18H21N5O4. The van der Waals surface area contributed by atoms with E-state index < -0.39 is 5.97 Å². The first kappa shape index (κ1) is 18.4. The van der Waals surface area contributed by atoms with Crippen molar-refractivity contribution < 1.29 is 14.7 Å². The van der Waals surface area contributed by atoms with E-state index in [-0.39, 0.29) is 36.9 Å². The molecule has 0 radical (unpaired) electrons. The van der Waals surface area contributed by atoms with Crippen molar-refractivity contribution in [2.24, 2.45) is 0 Å². The Kier molecular flexibility index (Phi) is 5.39. The van der Waals surface area contributed by atoms with Gasteiger partial charge in [0.15, 0.2) is 5.82 Å². The van der Waals surface area contributed by atoms with Gasteiger partial charge in [0.2, 0.25) is 5.91 Å². The molecule has 1 amide bonds. The summed E-state index contributed by atoms with van der Waals surface area (Å²) in [6.45, 7) is 2.61. The highest BCUT2D eigenvalue weighted by atomic mass is 16.4. The van der Waals surface area contributed by atoms with Crippen LogP contribution in [-0.2, 0) is 29.2 Å². The maximum Gasteiger partial charge on any atom is 0.329 e. The molecule has 0 aliphatic carbocycles. The van der Waals surface area contributed by atoms with Crippen molar-refractivity contribution in [2.45, 2.75) is 39.4 Å². The van der Waals surface area contributed by atoms with Crippen molar-refractivity contribution in [1.29, 1.82) is 0 Å². The lowest BCUT2D eigenvalue weighted by molar-refractivity contribution is -0.137. The normalized spacial score (nSPS) is 11.0. The molecule has 3 rings (SSSR count). The van der Waals surface area contributed by atoms with Crippen molar-refractivity contribution in [3.63, 3.8) is 0 Å². The van der Waals surface area contributed by atoms with Crippen LogP contribution in [-0.4, -0.2) is 35.9 Å². The van der Waals surface area contributed by atoms with Crippen LogP contribution in [0.25, 0.3) is 11.0 Å². The summed E-state index contributed by atoms with van der Waals surface area (Å²) < 4.78 is 4.55. The number of carboxylic acids is 1. The van der Waals surface area contributed by atoms with Crippen LogP contribution in [0.4, 0.5) is 5.82 Å². The number of aromatic nitrogens is 4. The smallest absolute Gasteiger partial charge is 0.329 e. The summed E-state index contributed by atoms with van der Waals surface area (Å²) in [7, 11) is 0. The van der Waals surface area contributed by atoms with Crippen molar-refractivity contribution in [2.75, 3.05) is 5.32 Å². The van der Waals surface area contributed by atoms with Gasteiger partial charge < -0.3 is 10.4 Å². The summed E-state index contributed by atoms with van der Waals surface area (Å²) >= 11 is 0. The number of carbonyl (C=O) groups is 2. The van der Waals surface area contributed by atoms with Gasteiger partial charge in [-0.25, -0.2) is 4.79 Å². The molecule has 1 aromatic carbocycles. The number of hydrogen-bond acceptors (Lipinski definition) is 4. The Labute approximate surface area is 154 Å². The van der Waals surface area contributed by atoms with Crippen molar-refractivity contribution >= 4 is 28.7 Å². The minimum atomic E-state index is -1.01. The lowest BCUT2D eigenvalue weighted by Crippen LogP contribution is -2.26. The largest absolute Gasteiger partial charge is 0.480 e. The topological polar surface area (TPSA) is 111 Å². The number of nitrogens with zero attached hydrogens (tertiary/aromatic N) is 4. The second-order valence-corrected chi connectivity index (χ2v) is 6.17. The fourth-order valence-corrected chi connectivity index (χ4v) is 3.00. The Balaban J connectivity index is 1.70. The second kappa shape index (κ2) is 7.90. The predicted octanol–water partition coefficient (Wildman–Crippen LogP) is 1.52. The molecule has 0 spiro atoms. The molecule has 0 bridgehead atoms. The summed E-state index contributed by atoms with van der Waals surface area (Å²) in [5.41, 5.74) is 1.53. The first-order valence-electron chi connectivity index (χ1n) is 8.72. The summed E-state index contributed by atoms with van der Waals surface area (Å²) in [4.78, 5) is 35.5. The monoisotopic (exact) mass is 371 g/mol. The minimum Gasteiger partial charge on any atom is -0.480 e. The van der Waals surface area contributed by atoms with Gasteiger partial charge in [0.1, 0.15) is 6.54 Å². The van der Waals surface area contributed by atoms with E-state index in [0.29, 0.717) is 6.54 Å². The van der Waals surface area contributed by atoms with Gasteiger partial charge >= 0.3 is 11.7 Å². The summed E-state index contributed by atoms with van der Waals surface area (Å²) in [6, 6.07) is 9.05. The van der Waals surface area contributed by atoms with E-state index >= 15 is 0 Å². The maximum atomic E-state index is 12.7. The van der Waals surface area contributed by atoms with Crippen LogP contribution in [0.2, 0.25) is 0 Å². The van der Waals surface area contributed by atoms with Crippen LogP contribution in [0.1, 0.15) is 19.8 Å². The second-order valence-electron chi connectivity index (χ2n) is 6.17. The molecule has 3 aromatic rings. The average Bonchev–Trinajstić information content (AvgIpc) is 3.16. The summed E-state index contributed by atoms with van der Waals surface area (Å²) in [6.07, 6.45) is 2.42. The molecule has 2 N–H and O–H groups in total. The number of rotatable bonds is 8. The van der Waals surface area contributed by atoms with E-state index in [2.05, 4.69) is 10.4 Å². The fraction of sp³-hybridized carbons (Fsp3) is 0.333. The Morgan fingerprint density at radius 3 is 2.41 bits per heavy atom. The molecule has 0 aliphatic heterocycles. The summed E-state index contributed by atoms with van der Waals surface area (Å²) in [5, 5.41) is 15.3. The van der Waals surface area contributed by atoms with Gasteiger partial charge in [-0.05, 0) is 18.6 Å². The van der Waals surface area contributed by atoms with Gasteiger partial charge in [0.05, 0.1) is 11.0 Å². The number of carbonyl (C=O) groups excluding carboxylic acids is 1. The molecule has 0 saturated carbocycles. The number of carboxylic acid groups (broad SMARTS) is 1. The quantitative estimate of drug-likeness (QED) is 0.624. The molecule has 2 aromatic heterocycles. The Hall–Kier alpha value is -3.36. The van der Waals surface area contributed by atoms with Crippen molar-refractivity contribution in [3.05, 3.63) is 47.0 Å². The molecule has 27 heavy (non-hydrogen) atoms. The Morgan fingerprint density at radius 1 is 1.11 bits per heavy atom. The number of fused-ring (bicyclic) bond motifs is 1. The van der Waals surface area contributed by atoms with E-state index in [0.717, 1.165) is 17.5 Å².